The van der Waals surface area contributed by atoms with Crippen molar-refractivity contribution < 1.29 is 13.9 Å². The number of hydrogen-bond donors (Lipinski definition) is 3. The third-order valence-electron chi connectivity index (χ3n) is 4.01. The van der Waals surface area contributed by atoms with Gasteiger partial charge in [0, 0.05) is 36.8 Å². The Kier molecular flexibility index (Phi) is 5.00. The van der Waals surface area contributed by atoms with Gasteiger partial charge in [0.25, 0.3) is 5.91 Å². The first kappa shape index (κ1) is 17.0. The van der Waals surface area contributed by atoms with Crippen LogP contribution in [0, 0.1) is 12.7 Å². The molecule has 0 fully saturated rings. The van der Waals surface area contributed by atoms with Crippen molar-refractivity contribution in [2.45, 2.75) is 6.92 Å². The minimum absolute atomic E-state index is 0.171. The number of aryl methyl sites for hydroxylation is 1. The van der Waals surface area contributed by atoms with Crippen LogP contribution in [0.15, 0.2) is 42.6 Å². The molecule has 3 N–H and O–H groups in total. The van der Waals surface area contributed by atoms with Gasteiger partial charge < -0.3 is 20.7 Å². The van der Waals surface area contributed by atoms with Crippen LogP contribution in [0.5, 0.6) is 0 Å². The smallest absolute Gasteiger partial charge is 0.257 e. The van der Waals surface area contributed by atoms with Crippen LogP contribution in [0.4, 0.5) is 21.5 Å². The van der Waals surface area contributed by atoms with E-state index in [0.29, 0.717) is 30.1 Å². The zero-order chi connectivity index (χ0) is 17.8. The fourth-order valence-corrected chi connectivity index (χ4v) is 2.76. The minimum Gasteiger partial charge on any atom is -0.383 e. The lowest BCUT2D eigenvalue weighted by atomic mass is 10.0. The van der Waals surface area contributed by atoms with Gasteiger partial charge in [-0.15, -0.1) is 0 Å². The lowest BCUT2D eigenvalue weighted by Crippen LogP contribution is -2.09. The second-order valence-electron chi connectivity index (χ2n) is 5.77. The second-order valence-corrected chi connectivity index (χ2v) is 5.77. The van der Waals surface area contributed by atoms with Crippen LogP contribution >= 0.6 is 0 Å². The molecule has 0 aromatic heterocycles. The van der Waals surface area contributed by atoms with E-state index in [4.69, 9.17) is 4.74 Å². The fraction of sp³-hybridized carbons (Fsp3) is 0.211. The van der Waals surface area contributed by atoms with Gasteiger partial charge in [0.2, 0.25) is 0 Å². The topological polar surface area (TPSA) is 62.4 Å². The van der Waals surface area contributed by atoms with Crippen molar-refractivity contribution in [2.24, 2.45) is 0 Å². The van der Waals surface area contributed by atoms with Crippen LogP contribution in [0.3, 0.4) is 0 Å². The lowest BCUT2D eigenvalue weighted by molar-refractivity contribution is -0.110. The number of nitrogens with one attached hydrogen (secondary N) is 3. The largest absolute Gasteiger partial charge is 0.383 e. The summed E-state index contributed by atoms with van der Waals surface area (Å²) in [5.74, 6) is -0.540. The quantitative estimate of drug-likeness (QED) is 0.555. The van der Waals surface area contributed by atoms with Crippen molar-refractivity contribution in [3.63, 3.8) is 0 Å². The number of carbonyl (C=O) groups excluding carboxylic acids is 1. The van der Waals surface area contributed by atoms with Gasteiger partial charge in [-0.25, -0.2) is 4.39 Å². The Hall–Kier alpha value is -2.86. The molecule has 0 spiro atoms. The first-order valence-corrected chi connectivity index (χ1v) is 8.00. The van der Waals surface area contributed by atoms with Crippen molar-refractivity contribution in [1.29, 1.82) is 0 Å². The van der Waals surface area contributed by atoms with E-state index in [2.05, 4.69) is 16.0 Å². The molecule has 0 aliphatic carbocycles. The van der Waals surface area contributed by atoms with E-state index >= 15 is 0 Å². The number of anilines is 3. The molecule has 0 unspecified atom stereocenters. The number of rotatable bonds is 6. The highest BCUT2D eigenvalue weighted by Gasteiger charge is 2.25. The molecular formula is C19H20FN3O2. The molecule has 3 rings (SSSR count). The molecule has 0 saturated heterocycles. The summed E-state index contributed by atoms with van der Waals surface area (Å²) in [5, 5.41) is 8.79. The Balaban J connectivity index is 1.77. The average molecular weight is 341 g/mol. The number of halogens is 1. The highest BCUT2D eigenvalue weighted by molar-refractivity contribution is 6.32. The molecule has 5 nitrogen and oxygen atoms in total. The van der Waals surface area contributed by atoms with Crippen molar-refractivity contribution in [3.05, 3.63) is 59.5 Å². The van der Waals surface area contributed by atoms with Crippen molar-refractivity contribution in [3.8, 4) is 0 Å². The number of carbonyl (C=O) groups is 1. The van der Waals surface area contributed by atoms with Gasteiger partial charge in [0.1, 0.15) is 5.82 Å². The molecular weight excluding hydrogens is 321 g/mol. The predicted octanol–water partition coefficient (Wildman–Crippen LogP) is 3.60. The zero-order valence-corrected chi connectivity index (χ0v) is 14.2. The molecule has 1 amide bonds. The van der Waals surface area contributed by atoms with Gasteiger partial charge >= 0.3 is 0 Å². The monoisotopic (exact) mass is 341 g/mol. The van der Waals surface area contributed by atoms with E-state index in [1.165, 1.54) is 6.07 Å². The molecule has 6 heteroatoms. The van der Waals surface area contributed by atoms with E-state index in [1.807, 2.05) is 25.1 Å². The van der Waals surface area contributed by atoms with E-state index in [-0.39, 0.29) is 11.7 Å². The van der Waals surface area contributed by atoms with Gasteiger partial charge in [-0.1, -0.05) is 12.1 Å². The summed E-state index contributed by atoms with van der Waals surface area (Å²) in [6.45, 7) is 2.98. The summed E-state index contributed by atoms with van der Waals surface area (Å²) in [6.07, 6.45) is 1.61. The molecule has 1 aliphatic heterocycles. The van der Waals surface area contributed by atoms with Crippen molar-refractivity contribution >= 4 is 28.5 Å². The first-order chi connectivity index (χ1) is 12.1. The Morgan fingerprint density at radius 3 is 2.88 bits per heavy atom. The summed E-state index contributed by atoms with van der Waals surface area (Å²) in [7, 11) is 1.59. The summed E-state index contributed by atoms with van der Waals surface area (Å²) in [4.78, 5) is 12.2. The normalized spacial score (nSPS) is 14.4. The highest BCUT2D eigenvalue weighted by atomic mass is 19.1. The Morgan fingerprint density at radius 2 is 2.12 bits per heavy atom. The standard InChI is InChI=1S/C19H20FN3O2/c1-12-4-3-5-17-18(12)14(19(24)23-17)11-22-13-6-7-16(15(20)10-13)21-8-9-25-2/h3-7,10-11,21-22H,8-9H2,1-2H3,(H,23,24). The van der Waals surface area contributed by atoms with Crippen LogP contribution in [-0.2, 0) is 9.53 Å². The molecule has 2 aromatic carbocycles. The minimum atomic E-state index is -0.369. The number of fused-ring (bicyclic) bond motifs is 1. The summed E-state index contributed by atoms with van der Waals surface area (Å²) < 4.78 is 19.0. The van der Waals surface area contributed by atoms with Gasteiger partial charge in [0.15, 0.2) is 0 Å². The van der Waals surface area contributed by atoms with Crippen LogP contribution in [0.25, 0.3) is 5.57 Å². The SMILES string of the molecule is COCCNc1ccc(NC=C2C(=O)Nc3cccc(C)c32)cc1F. The number of amides is 1. The third kappa shape index (κ3) is 3.64. The maximum atomic E-state index is 14.1. The fourth-order valence-electron chi connectivity index (χ4n) is 2.76. The zero-order valence-electron chi connectivity index (χ0n) is 14.2. The van der Waals surface area contributed by atoms with E-state index in [9.17, 15) is 9.18 Å². The molecule has 1 aliphatic rings. The Labute approximate surface area is 145 Å². The number of benzene rings is 2. The molecule has 2 aromatic rings. The second kappa shape index (κ2) is 7.36. The molecule has 1 heterocycles. The molecule has 25 heavy (non-hydrogen) atoms. The van der Waals surface area contributed by atoms with Crippen LogP contribution in [-0.4, -0.2) is 26.2 Å². The Bertz CT molecular complexity index is 833. The first-order valence-electron chi connectivity index (χ1n) is 8.00. The van der Waals surface area contributed by atoms with E-state index < -0.39 is 0 Å². The predicted molar refractivity (Wildman–Crippen MR) is 98.2 cm³/mol. The van der Waals surface area contributed by atoms with Gasteiger partial charge in [-0.05, 0) is 36.8 Å². The maximum absolute atomic E-state index is 14.1. The summed E-state index contributed by atoms with van der Waals surface area (Å²) >= 11 is 0. The van der Waals surface area contributed by atoms with Gasteiger partial charge in [0.05, 0.1) is 17.9 Å². The van der Waals surface area contributed by atoms with Gasteiger partial charge in [-0.3, -0.25) is 4.79 Å². The van der Waals surface area contributed by atoms with Crippen molar-refractivity contribution in [2.75, 3.05) is 36.2 Å². The Morgan fingerprint density at radius 1 is 1.28 bits per heavy atom. The molecule has 0 saturated carbocycles. The number of ether oxygens (including phenoxy) is 1. The van der Waals surface area contributed by atoms with E-state index in [0.717, 1.165) is 16.8 Å². The molecule has 130 valence electrons. The van der Waals surface area contributed by atoms with Crippen LogP contribution in [0.1, 0.15) is 11.1 Å². The molecule has 0 radical (unpaired) electrons. The third-order valence-corrected chi connectivity index (χ3v) is 4.01. The van der Waals surface area contributed by atoms with E-state index in [1.54, 1.807) is 25.4 Å². The highest BCUT2D eigenvalue weighted by Crippen LogP contribution is 2.34. The summed E-state index contributed by atoms with van der Waals surface area (Å²) in [5.41, 5.74) is 4.19. The lowest BCUT2D eigenvalue weighted by Gasteiger charge is -2.09. The molecule has 0 atom stereocenters. The maximum Gasteiger partial charge on any atom is 0.257 e. The number of methoxy groups -OCH3 is 1. The van der Waals surface area contributed by atoms with Crippen molar-refractivity contribution in [1.82, 2.24) is 0 Å². The van der Waals surface area contributed by atoms with Crippen LogP contribution in [0.2, 0.25) is 0 Å². The summed E-state index contributed by atoms with van der Waals surface area (Å²) in [6, 6.07) is 10.5. The van der Waals surface area contributed by atoms with Gasteiger partial charge in [-0.2, -0.15) is 0 Å². The number of hydrogen-bond acceptors (Lipinski definition) is 4. The molecule has 0 bridgehead atoms. The van der Waals surface area contributed by atoms with Crippen LogP contribution < -0.4 is 16.0 Å². The average Bonchev–Trinajstić information content (AvgIpc) is 2.91.